The lowest BCUT2D eigenvalue weighted by Crippen LogP contribution is -2.32. The Morgan fingerprint density at radius 2 is 0.669 bits per heavy atom. The standard InChI is InChI=1S/C23H23ClFN5O3.C22H21ClFN5O4.C22H21ClFN5O3.C22H22FN5O4/c1-4-20(32)27-14-6-5-7-15(10-14)28-21-18(25)12-26-22(30-21)29-16-8-9-17(24)19(11-16)33-23(2,3)13-31;1-2-20(32)26-13-4-3-5-14(8-13)27-21-18(24)10-25-22(29-21)28-15-6-7-17(23)19(9-15)33-12-16(31)11-30;1-3-20(31)26-14-5-4-6-15(9-14)27-21-18(24)11-25-22(29-21)28-16-7-8-17(23)19(10-16)32-13(2)12-30;1-2-20(31)25-15-4-3-5-16(10-15)26-21-19(23)11-24-22(28-21)27-14-6-8-18(9-7-14)32-13-17(30)12-29/h4-12,31H,1,13H2,2-3H3,(H,27,32)(H2,26,28,29,30);2-10,16,30-31H,1,11-12H2,(H,26,32)(H2,25,27,28,29);3-11,13,30H,1,12H2,2H3,(H,26,31)(H2,25,27,28,29);2-11,17,29-30H,1,12-13H2,(H,25,31)(H2,24,26,27,28). The van der Waals surface area contributed by atoms with Crippen LogP contribution < -0.4 is 82.7 Å². The molecular formula is C89H87Cl3F4N20O14. The van der Waals surface area contributed by atoms with Gasteiger partial charge in [-0.05, 0) is 179 Å². The van der Waals surface area contributed by atoms with Crippen molar-refractivity contribution in [3.05, 3.63) is 290 Å². The van der Waals surface area contributed by atoms with Crippen LogP contribution in [0.25, 0.3) is 0 Å². The molecule has 41 heteroatoms. The molecule has 0 aliphatic heterocycles. The monoisotopic (exact) mass is 1840 g/mol. The topological polar surface area (TPSA) is 474 Å². The Kier molecular flexibility index (Phi) is 37.3. The van der Waals surface area contributed by atoms with E-state index in [0.29, 0.717) is 101 Å². The van der Waals surface area contributed by atoms with Crippen LogP contribution >= 0.6 is 34.8 Å². The molecule has 12 aromatic rings. The average Bonchev–Trinajstić information content (AvgIpc) is 0.828. The van der Waals surface area contributed by atoms with Crippen molar-refractivity contribution in [2.24, 2.45) is 0 Å². The van der Waals surface area contributed by atoms with Crippen LogP contribution in [0.3, 0.4) is 0 Å². The predicted octanol–water partition coefficient (Wildman–Crippen LogP) is 16.2. The molecule has 0 spiro atoms. The van der Waals surface area contributed by atoms with Crippen molar-refractivity contribution in [1.82, 2.24) is 39.9 Å². The van der Waals surface area contributed by atoms with E-state index in [0.717, 1.165) is 49.1 Å². The fourth-order valence-corrected chi connectivity index (χ4v) is 10.8. The normalized spacial score (nSPS) is 11.3. The third kappa shape index (κ3) is 32.1. The van der Waals surface area contributed by atoms with E-state index < -0.39 is 53.8 Å². The smallest absolute Gasteiger partial charge is 0.247 e. The highest BCUT2D eigenvalue weighted by Crippen LogP contribution is 2.36. The van der Waals surface area contributed by atoms with Gasteiger partial charge in [-0.15, -0.1) is 0 Å². The van der Waals surface area contributed by atoms with Crippen LogP contribution in [0.4, 0.5) is 133 Å². The van der Waals surface area contributed by atoms with E-state index in [9.17, 15) is 57.2 Å². The number of aliphatic hydroxyl groups excluding tert-OH is 6. The maximum absolute atomic E-state index is 14.3. The number of nitrogens with one attached hydrogen (secondary N) is 12. The Hall–Kier alpha value is -15.1. The van der Waals surface area contributed by atoms with Crippen molar-refractivity contribution in [2.75, 3.05) is 103 Å². The second-order valence-corrected chi connectivity index (χ2v) is 28.8. The summed E-state index contributed by atoms with van der Waals surface area (Å²) in [5, 5.41) is 89.9. The molecule has 676 valence electrons. The third-order valence-electron chi connectivity index (χ3n) is 16.6. The van der Waals surface area contributed by atoms with E-state index in [1.54, 1.807) is 197 Å². The van der Waals surface area contributed by atoms with Crippen LogP contribution in [0, 0.1) is 23.3 Å². The molecule has 0 aliphatic carbocycles. The van der Waals surface area contributed by atoms with Gasteiger partial charge < -0.3 is 113 Å². The van der Waals surface area contributed by atoms with Crippen LogP contribution in [0.15, 0.2) is 251 Å². The van der Waals surface area contributed by atoms with Gasteiger partial charge in [0.1, 0.15) is 60.1 Å². The lowest BCUT2D eigenvalue weighted by atomic mass is 10.1. The first-order chi connectivity index (χ1) is 62.4. The molecule has 0 aliphatic rings. The minimum Gasteiger partial charge on any atom is -0.491 e. The van der Waals surface area contributed by atoms with E-state index in [4.69, 9.17) is 64.0 Å². The summed E-state index contributed by atoms with van der Waals surface area (Å²) in [4.78, 5) is 78.4. The number of amides is 4. The van der Waals surface area contributed by atoms with Gasteiger partial charge in [-0.25, -0.2) is 37.5 Å². The second-order valence-electron chi connectivity index (χ2n) is 27.5. The SMILES string of the molecule is C=CC(=O)Nc1cccc(Nc2nc(Nc3ccc(Cl)c(OC(C)(C)CO)c3)ncc2F)c1.C=CC(=O)Nc1cccc(Nc2nc(Nc3ccc(Cl)c(OC(C)CO)c3)ncc2F)c1.C=CC(=O)Nc1cccc(Nc2nc(Nc3ccc(Cl)c(OCC(O)CO)c3)ncc2F)c1.C=CC(=O)Nc1cccc(Nc2nc(Nc3ccc(OCC(O)CO)cc3)ncc2F)c1. The number of carbonyl (C=O) groups excluding carboxylic acids is 4. The van der Waals surface area contributed by atoms with Crippen LogP contribution in [-0.4, -0.2) is 158 Å². The molecular weight excluding hydrogens is 1760 g/mol. The molecule has 0 bridgehead atoms. The Morgan fingerprint density at radius 1 is 0.385 bits per heavy atom. The van der Waals surface area contributed by atoms with Crippen molar-refractivity contribution in [3.63, 3.8) is 0 Å². The Labute approximate surface area is 756 Å². The number of ether oxygens (including phenoxy) is 4. The van der Waals surface area contributed by atoms with Gasteiger partial charge in [0.15, 0.2) is 46.5 Å². The molecule has 3 atom stereocenters. The highest BCUT2D eigenvalue weighted by molar-refractivity contribution is 6.33. The largest absolute Gasteiger partial charge is 0.491 e. The summed E-state index contributed by atoms with van der Waals surface area (Å²) in [6.45, 7) is 17.4. The van der Waals surface area contributed by atoms with E-state index in [1.165, 1.54) is 0 Å². The molecule has 0 radical (unpaired) electrons. The molecule has 0 saturated heterocycles. The predicted molar refractivity (Wildman–Crippen MR) is 492 cm³/mol. The Morgan fingerprint density at radius 3 is 0.992 bits per heavy atom. The Balaban J connectivity index is 0.000000195. The number of halogens is 7. The summed E-state index contributed by atoms with van der Waals surface area (Å²) in [5.41, 5.74) is 5.47. The van der Waals surface area contributed by atoms with E-state index in [-0.39, 0.29) is 109 Å². The van der Waals surface area contributed by atoms with Gasteiger partial charge in [-0.1, -0.05) is 85.4 Å². The quantitative estimate of drug-likeness (QED) is 0.0126. The molecule has 12 rings (SSSR count). The zero-order valence-electron chi connectivity index (χ0n) is 69.3. The summed E-state index contributed by atoms with van der Waals surface area (Å²) in [5.74, 6) is -2.33. The number of aromatic nitrogens is 8. The van der Waals surface area contributed by atoms with Gasteiger partial charge in [-0.2, -0.15) is 19.9 Å². The molecule has 18 N–H and O–H groups in total. The van der Waals surface area contributed by atoms with Crippen LogP contribution in [0.2, 0.25) is 15.1 Å². The Bertz CT molecular complexity index is 5950. The van der Waals surface area contributed by atoms with Gasteiger partial charge in [0.2, 0.25) is 47.4 Å². The molecule has 0 saturated carbocycles. The molecule has 4 heterocycles. The number of hydrogen-bond acceptors (Lipinski definition) is 30. The molecule has 0 fully saturated rings. The van der Waals surface area contributed by atoms with Gasteiger partial charge in [0.05, 0.1) is 66.3 Å². The minimum absolute atomic E-state index is 0.0299. The summed E-state index contributed by atoms with van der Waals surface area (Å²) in [7, 11) is 0. The average molecular weight is 1840 g/mol. The lowest BCUT2D eigenvalue weighted by Gasteiger charge is -2.24. The van der Waals surface area contributed by atoms with Gasteiger partial charge in [0, 0.05) is 86.4 Å². The summed E-state index contributed by atoms with van der Waals surface area (Å²) < 4.78 is 79.3. The molecule has 4 aromatic heterocycles. The molecule has 3 unspecified atom stereocenters. The van der Waals surface area contributed by atoms with Crippen molar-refractivity contribution in [1.29, 1.82) is 0 Å². The number of rotatable bonds is 38. The van der Waals surface area contributed by atoms with Crippen LogP contribution in [0.5, 0.6) is 23.0 Å². The number of hydrogen-bond donors (Lipinski definition) is 18. The number of anilines is 20. The first-order valence-electron chi connectivity index (χ1n) is 38.7. The number of benzene rings is 8. The minimum atomic E-state index is -1.05. The van der Waals surface area contributed by atoms with Crippen molar-refractivity contribution in [2.45, 2.75) is 44.7 Å². The van der Waals surface area contributed by atoms with Crippen LogP contribution in [0.1, 0.15) is 20.8 Å². The molecule has 34 nitrogen and oxygen atoms in total. The van der Waals surface area contributed by atoms with Crippen molar-refractivity contribution in [3.8, 4) is 23.0 Å². The lowest BCUT2D eigenvalue weighted by molar-refractivity contribution is -0.112. The highest BCUT2D eigenvalue weighted by atomic mass is 35.5. The van der Waals surface area contributed by atoms with Crippen molar-refractivity contribution >= 4 is 174 Å². The first-order valence-corrected chi connectivity index (χ1v) is 39.8. The fourth-order valence-electron chi connectivity index (χ4n) is 10.3. The molecule has 4 amide bonds. The van der Waals surface area contributed by atoms with Gasteiger partial charge in [-0.3, -0.25) is 19.2 Å². The van der Waals surface area contributed by atoms with E-state index in [2.05, 4.69) is 130 Å². The first kappa shape index (κ1) is 98.7. The summed E-state index contributed by atoms with van der Waals surface area (Å²) in [6.07, 6.45) is 6.27. The highest BCUT2D eigenvalue weighted by Gasteiger charge is 2.22. The summed E-state index contributed by atoms with van der Waals surface area (Å²) >= 11 is 18.4. The van der Waals surface area contributed by atoms with E-state index >= 15 is 0 Å². The van der Waals surface area contributed by atoms with Crippen LogP contribution in [-0.2, 0) is 19.2 Å². The zero-order chi connectivity index (χ0) is 93.8. The van der Waals surface area contributed by atoms with E-state index in [1.807, 2.05) is 0 Å². The van der Waals surface area contributed by atoms with Crippen molar-refractivity contribution < 1.29 is 86.3 Å². The zero-order valence-corrected chi connectivity index (χ0v) is 71.6. The number of carbonyl (C=O) groups is 4. The van der Waals surface area contributed by atoms with Gasteiger partial charge in [0.25, 0.3) is 0 Å². The molecule has 130 heavy (non-hydrogen) atoms. The third-order valence-corrected chi connectivity index (χ3v) is 17.5. The second kappa shape index (κ2) is 49.1. The summed E-state index contributed by atoms with van der Waals surface area (Å²) in [6, 6.07) is 48.1. The maximum atomic E-state index is 14.3. The molecule has 8 aromatic carbocycles. The number of nitrogens with zero attached hydrogens (tertiary/aromatic N) is 8. The fraction of sp³-hybridized carbons (Fsp3) is 0.146. The maximum Gasteiger partial charge on any atom is 0.247 e. The van der Waals surface area contributed by atoms with Gasteiger partial charge >= 0.3 is 0 Å². The number of aliphatic hydroxyl groups is 6.